The van der Waals surface area contributed by atoms with Gasteiger partial charge in [-0.05, 0) is 19.1 Å². The lowest BCUT2D eigenvalue weighted by molar-refractivity contribution is 1.12. The zero-order valence-electron chi connectivity index (χ0n) is 14.7. The standard InChI is InChI=1S/C21H17N5S/c1-13-10-24-12-19(26-13)17-11-25-18-8-7-15(9-16(17)18)21(23)27-20(22)14-5-3-2-4-6-14/h2-12,22-23,25H,1H3. The van der Waals surface area contributed by atoms with Crippen LogP contribution in [0.2, 0.25) is 0 Å². The molecule has 4 aromatic rings. The maximum absolute atomic E-state index is 8.43. The van der Waals surface area contributed by atoms with E-state index in [-0.39, 0.29) is 0 Å². The van der Waals surface area contributed by atoms with Crippen molar-refractivity contribution in [2.45, 2.75) is 6.92 Å². The van der Waals surface area contributed by atoms with Gasteiger partial charge in [0.25, 0.3) is 0 Å². The van der Waals surface area contributed by atoms with E-state index < -0.39 is 0 Å². The Bertz CT molecular complexity index is 1150. The molecule has 27 heavy (non-hydrogen) atoms. The van der Waals surface area contributed by atoms with Crippen LogP contribution in [0.15, 0.2) is 67.1 Å². The Balaban J connectivity index is 1.66. The number of benzene rings is 2. The summed E-state index contributed by atoms with van der Waals surface area (Å²) < 4.78 is 0. The summed E-state index contributed by atoms with van der Waals surface area (Å²) in [5, 5.41) is 18.4. The van der Waals surface area contributed by atoms with Crippen LogP contribution in [0.1, 0.15) is 16.8 Å². The van der Waals surface area contributed by atoms with Crippen LogP contribution >= 0.6 is 11.8 Å². The molecule has 0 atom stereocenters. The monoisotopic (exact) mass is 371 g/mol. The summed E-state index contributed by atoms with van der Waals surface area (Å²) in [7, 11) is 0. The SMILES string of the molecule is Cc1cncc(-c2c[nH]c3ccc(C(=N)SC(=N)c4ccccc4)cc23)n1. The molecule has 0 saturated carbocycles. The Kier molecular flexibility index (Phi) is 4.56. The molecule has 0 amide bonds. The van der Waals surface area contributed by atoms with Gasteiger partial charge in [0.1, 0.15) is 10.1 Å². The Morgan fingerprint density at radius 3 is 2.52 bits per heavy atom. The minimum Gasteiger partial charge on any atom is -0.360 e. The highest BCUT2D eigenvalue weighted by atomic mass is 32.2. The fourth-order valence-electron chi connectivity index (χ4n) is 2.88. The number of aromatic amines is 1. The molecule has 132 valence electrons. The van der Waals surface area contributed by atoms with E-state index in [2.05, 4.69) is 15.0 Å². The molecule has 0 spiro atoms. The number of H-pyrrole nitrogens is 1. The number of aryl methyl sites for hydroxylation is 1. The summed E-state index contributed by atoms with van der Waals surface area (Å²) in [6.45, 7) is 1.91. The first-order chi connectivity index (χ1) is 13.1. The Morgan fingerprint density at radius 1 is 0.963 bits per heavy atom. The quantitative estimate of drug-likeness (QED) is 0.349. The molecular formula is C21H17N5S. The van der Waals surface area contributed by atoms with Gasteiger partial charge in [0.05, 0.1) is 17.6 Å². The first kappa shape index (κ1) is 17.2. The molecule has 2 heterocycles. The second kappa shape index (κ2) is 7.17. The molecule has 2 aromatic heterocycles. The molecular weight excluding hydrogens is 354 g/mol. The molecule has 0 aliphatic carbocycles. The van der Waals surface area contributed by atoms with E-state index in [1.165, 1.54) is 0 Å². The van der Waals surface area contributed by atoms with Crippen LogP contribution in [-0.4, -0.2) is 25.0 Å². The van der Waals surface area contributed by atoms with Crippen molar-refractivity contribution in [1.29, 1.82) is 10.8 Å². The minimum absolute atomic E-state index is 0.341. The van der Waals surface area contributed by atoms with Gasteiger partial charge in [-0.25, -0.2) is 4.98 Å². The number of rotatable bonds is 3. The van der Waals surface area contributed by atoms with Crippen molar-refractivity contribution < 1.29 is 0 Å². The van der Waals surface area contributed by atoms with Crippen molar-refractivity contribution in [2.75, 3.05) is 0 Å². The maximum Gasteiger partial charge on any atom is 0.101 e. The van der Waals surface area contributed by atoms with E-state index >= 15 is 0 Å². The predicted molar refractivity (Wildman–Crippen MR) is 112 cm³/mol. The fraction of sp³-hybridized carbons (Fsp3) is 0.0476. The number of fused-ring (bicyclic) bond motifs is 1. The second-order valence-electron chi connectivity index (χ2n) is 6.13. The number of nitrogens with one attached hydrogen (secondary N) is 3. The average molecular weight is 371 g/mol. The Labute approximate surface area is 160 Å². The maximum atomic E-state index is 8.43. The van der Waals surface area contributed by atoms with Crippen LogP contribution in [0.5, 0.6) is 0 Å². The van der Waals surface area contributed by atoms with E-state index in [9.17, 15) is 0 Å². The van der Waals surface area contributed by atoms with Gasteiger partial charge < -0.3 is 4.98 Å². The molecule has 0 aliphatic rings. The van der Waals surface area contributed by atoms with Crippen LogP contribution in [0.3, 0.4) is 0 Å². The predicted octanol–water partition coefficient (Wildman–Crippen LogP) is 5.02. The van der Waals surface area contributed by atoms with Gasteiger partial charge in [-0.3, -0.25) is 15.8 Å². The molecule has 0 radical (unpaired) electrons. The zero-order valence-corrected chi connectivity index (χ0v) is 15.5. The average Bonchev–Trinajstić information content (AvgIpc) is 3.12. The van der Waals surface area contributed by atoms with Crippen LogP contribution in [0.25, 0.3) is 22.2 Å². The molecule has 6 heteroatoms. The van der Waals surface area contributed by atoms with Gasteiger partial charge in [0, 0.05) is 40.0 Å². The Morgan fingerprint density at radius 2 is 1.74 bits per heavy atom. The minimum atomic E-state index is 0.341. The smallest absolute Gasteiger partial charge is 0.101 e. The molecule has 0 aliphatic heterocycles. The number of hydrogen-bond acceptors (Lipinski definition) is 5. The van der Waals surface area contributed by atoms with E-state index in [1.807, 2.05) is 61.7 Å². The summed E-state index contributed by atoms with van der Waals surface area (Å²) in [5.41, 5.74) is 5.18. The van der Waals surface area contributed by atoms with E-state index in [4.69, 9.17) is 10.8 Å². The first-order valence-corrected chi connectivity index (χ1v) is 9.24. The van der Waals surface area contributed by atoms with E-state index in [0.717, 1.165) is 50.7 Å². The van der Waals surface area contributed by atoms with Crippen LogP contribution in [0.4, 0.5) is 0 Å². The van der Waals surface area contributed by atoms with E-state index in [1.54, 1.807) is 12.4 Å². The van der Waals surface area contributed by atoms with Gasteiger partial charge >= 0.3 is 0 Å². The molecule has 0 fully saturated rings. The molecule has 3 N–H and O–H groups in total. The van der Waals surface area contributed by atoms with E-state index in [0.29, 0.717) is 10.1 Å². The fourth-order valence-corrected chi connectivity index (χ4v) is 3.58. The summed E-state index contributed by atoms with van der Waals surface area (Å²) in [6.07, 6.45) is 5.39. The molecule has 0 bridgehead atoms. The summed E-state index contributed by atoms with van der Waals surface area (Å²) in [4.78, 5) is 12.0. The zero-order chi connectivity index (χ0) is 18.8. The highest BCUT2D eigenvalue weighted by Gasteiger charge is 2.13. The molecule has 0 unspecified atom stereocenters. The highest BCUT2D eigenvalue weighted by Crippen LogP contribution is 2.29. The van der Waals surface area contributed by atoms with Crippen molar-refractivity contribution in [3.63, 3.8) is 0 Å². The van der Waals surface area contributed by atoms with Crippen LogP contribution in [-0.2, 0) is 0 Å². The van der Waals surface area contributed by atoms with Gasteiger partial charge in [-0.1, -0.05) is 48.2 Å². The number of aromatic nitrogens is 3. The molecule has 0 saturated heterocycles. The van der Waals surface area contributed by atoms with Crippen LogP contribution in [0, 0.1) is 17.7 Å². The van der Waals surface area contributed by atoms with Gasteiger partial charge in [-0.2, -0.15) is 0 Å². The lowest BCUT2D eigenvalue weighted by Crippen LogP contribution is -2.01. The highest BCUT2D eigenvalue weighted by molar-refractivity contribution is 8.27. The van der Waals surface area contributed by atoms with Crippen molar-refractivity contribution in [3.05, 3.63) is 83.9 Å². The van der Waals surface area contributed by atoms with Crippen molar-refractivity contribution >= 4 is 32.8 Å². The topological polar surface area (TPSA) is 89.3 Å². The number of thioether (sulfide) groups is 1. The lowest BCUT2D eigenvalue weighted by Gasteiger charge is -2.07. The summed E-state index contributed by atoms with van der Waals surface area (Å²) in [5.74, 6) is 0. The number of hydrogen-bond donors (Lipinski definition) is 3. The van der Waals surface area contributed by atoms with Gasteiger partial charge in [-0.15, -0.1) is 0 Å². The van der Waals surface area contributed by atoms with Crippen molar-refractivity contribution in [2.24, 2.45) is 0 Å². The number of nitrogens with zero attached hydrogens (tertiary/aromatic N) is 2. The third-order valence-corrected chi connectivity index (χ3v) is 5.09. The second-order valence-corrected chi connectivity index (χ2v) is 7.16. The van der Waals surface area contributed by atoms with Gasteiger partial charge in [0.2, 0.25) is 0 Å². The first-order valence-electron chi connectivity index (χ1n) is 8.43. The van der Waals surface area contributed by atoms with Crippen molar-refractivity contribution in [1.82, 2.24) is 15.0 Å². The third-order valence-electron chi connectivity index (χ3n) is 4.21. The Hall–Kier alpha value is -3.25. The van der Waals surface area contributed by atoms with Crippen molar-refractivity contribution in [3.8, 4) is 11.3 Å². The molecule has 2 aromatic carbocycles. The lowest BCUT2D eigenvalue weighted by atomic mass is 10.1. The largest absolute Gasteiger partial charge is 0.360 e. The van der Waals surface area contributed by atoms with Crippen LogP contribution < -0.4 is 0 Å². The molecule has 5 nitrogen and oxygen atoms in total. The van der Waals surface area contributed by atoms with Gasteiger partial charge in [0.15, 0.2) is 0 Å². The normalized spacial score (nSPS) is 10.9. The summed E-state index contributed by atoms with van der Waals surface area (Å²) in [6, 6.07) is 15.3. The molecule has 4 rings (SSSR count). The summed E-state index contributed by atoms with van der Waals surface area (Å²) >= 11 is 1.15. The third kappa shape index (κ3) is 3.52.